The number of rotatable bonds is 14. The average Bonchev–Trinajstić information content (AvgIpc) is 3.46. The van der Waals surface area contributed by atoms with Gasteiger partial charge in [-0.25, -0.2) is 4.98 Å². The first kappa shape index (κ1) is 31.3. The normalized spacial score (nSPS) is 19.0. The lowest BCUT2D eigenvalue weighted by Crippen LogP contribution is -2.55. The van der Waals surface area contributed by atoms with Crippen LogP contribution in [0.15, 0.2) is 48.9 Å². The first-order valence-corrected chi connectivity index (χ1v) is 13.0. The summed E-state index contributed by atoms with van der Waals surface area (Å²) < 4.78 is 10.9. The summed E-state index contributed by atoms with van der Waals surface area (Å²) in [6.07, 6.45) is -1.72. The van der Waals surface area contributed by atoms with Gasteiger partial charge in [-0.05, 0) is 17.9 Å². The third-order valence-electron chi connectivity index (χ3n) is 6.32. The molecule has 6 atom stereocenters. The van der Waals surface area contributed by atoms with Crippen LogP contribution in [0.5, 0.6) is 0 Å². The van der Waals surface area contributed by atoms with Gasteiger partial charge in [0.1, 0.15) is 30.0 Å². The molecule has 1 fully saturated rings. The summed E-state index contributed by atoms with van der Waals surface area (Å²) in [6.45, 7) is 2.67. The van der Waals surface area contributed by atoms with E-state index in [9.17, 15) is 29.7 Å². The smallest absolute Gasteiger partial charge is 0.403 e. The van der Waals surface area contributed by atoms with E-state index in [1.165, 1.54) is 18.6 Å². The van der Waals surface area contributed by atoms with Crippen LogP contribution in [0.4, 0.5) is 0 Å². The Bertz CT molecular complexity index is 1110. The van der Waals surface area contributed by atoms with Crippen molar-refractivity contribution in [3.63, 3.8) is 0 Å². The first-order chi connectivity index (χ1) is 19.1. The quantitative estimate of drug-likeness (QED) is 0.146. The molecule has 2 heterocycles. The molecule has 0 radical (unpaired) electrons. The van der Waals surface area contributed by atoms with Gasteiger partial charge in [0.05, 0.1) is 31.6 Å². The minimum Gasteiger partial charge on any atom is -0.403 e. The van der Waals surface area contributed by atoms with Crippen LogP contribution in [-0.4, -0.2) is 105 Å². The SMILES string of the molecule is CC(C)CC(NC(=O)C(Cc1ccccc1)NC(=O)c1cnccn1)C(=O)B1OCC(C(O)C(O)C(O)CO)O1. The number of nitrogens with zero attached hydrogens (tertiary/aromatic N) is 2. The lowest BCUT2D eigenvalue weighted by atomic mass is 9.76. The second-order valence-electron chi connectivity index (χ2n) is 9.97. The number of carbonyl (C=O) groups excluding carboxylic acids is 3. The Kier molecular flexibility index (Phi) is 11.7. The second kappa shape index (κ2) is 14.9. The van der Waals surface area contributed by atoms with E-state index < -0.39 is 67.7 Å². The summed E-state index contributed by atoms with van der Waals surface area (Å²) in [6, 6.07) is 6.91. The fourth-order valence-electron chi connectivity index (χ4n) is 4.17. The highest BCUT2D eigenvalue weighted by Crippen LogP contribution is 2.19. The molecule has 40 heavy (non-hydrogen) atoms. The zero-order valence-electron chi connectivity index (χ0n) is 22.3. The standard InChI is InChI=1S/C26H35BN4O9/c1-15(2)10-17(24(36)27-39-14-21(40-27)23(35)22(34)20(33)13-32)30-25(37)18(11-16-6-4-3-5-7-16)31-26(38)19-12-28-8-9-29-19/h3-9,12,15,17-18,20-23,32-35H,10-11,13-14H2,1-2H3,(H,30,37)(H,31,38). The Hall–Kier alpha value is -3.27. The number of benzene rings is 1. The van der Waals surface area contributed by atoms with Crippen molar-refractivity contribution in [2.45, 2.75) is 63.2 Å². The molecule has 216 valence electrons. The third kappa shape index (κ3) is 8.62. The van der Waals surface area contributed by atoms with Gasteiger partial charge in [0.25, 0.3) is 5.91 Å². The fourth-order valence-corrected chi connectivity index (χ4v) is 4.17. The van der Waals surface area contributed by atoms with Crippen LogP contribution in [0.3, 0.4) is 0 Å². The summed E-state index contributed by atoms with van der Waals surface area (Å²) in [4.78, 5) is 47.5. The van der Waals surface area contributed by atoms with Crippen molar-refractivity contribution in [1.82, 2.24) is 20.6 Å². The molecule has 6 unspecified atom stereocenters. The van der Waals surface area contributed by atoms with Crippen molar-refractivity contribution in [3.8, 4) is 0 Å². The van der Waals surface area contributed by atoms with Crippen molar-refractivity contribution < 1.29 is 44.1 Å². The molecule has 0 aliphatic carbocycles. The number of hydrogen-bond acceptors (Lipinski definition) is 11. The number of aliphatic hydroxyl groups is 4. The molecular weight excluding hydrogens is 523 g/mol. The Morgan fingerprint density at radius 2 is 1.80 bits per heavy atom. The van der Waals surface area contributed by atoms with Crippen molar-refractivity contribution in [2.75, 3.05) is 13.2 Å². The Morgan fingerprint density at radius 3 is 2.42 bits per heavy atom. The number of aromatic nitrogens is 2. The Labute approximate surface area is 232 Å². The van der Waals surface area contributed by atoms with Gasteiger partial charge < -0.3 is 45.2 Å². The molecule has 14 heteroatoms. The molecule has 0 spiro atoms. The molecule has 1 aromatic carbocycles. The minimum absolute atomic E-state index is 0.0222. The largest absolute Gasteiger partial charge is 0.534 e. The highest BCUT2D eigenvalue weighted by atomic mass is 16.7. The van der Waals surface area contributed by atoms with Crippen LogP contribution in [0.25, 0.3) is 0 Å². The summed E-state index contributed by atoms with van der Waals surface area (Å²) in [5.74, 6) is -1.25. The van der Waals surface area contributed by atoms with Crippen molar-refractivity contribution >= 4 is 24.6 Å². The number of hydrogen-bond donors (Lipinski definition) is 6. The maximum absolute atomic E-state index is 13.5. The van der Waals surface area contributed by atoms with E-state index in [1.54, 1.807) is 24.3 Å². The van der Waals surface area contributed by atoms with E-state index in [0.29, 0.717) is 0 Å². The molecule has 2 aromatic rings. The zero-order valence-corrected chi connectivity index (χ0v) is 22.3. The molecule has 0 bridgehead atoms. The van der Waals surface area contributed by atoms with Gasteiger partial charge in [0, 0.05) is 18.8 Å². The lowest BCUT2D eigenvalue weighted by Gasteiger charge is -2.26. The Morgan fingerprint density at radius 1 is 1.07 bits per heavy atom. The van der Waals surface area contributed by atoms with Gasteiger partial charge in [-0.1, -0.05) is 44.2 Å². The van der Waals surface area contributed by atoms with Gasteiger partial charge in [0.2, 0.25) is 5.91 Å². The number of aliphatic hydroxyl groups excluding tert-OH is 4. The number of amides is 2. The highest BCUT2D eigenvalue weighted by molar-refractivity contribution is 6.82. The minimum atomic E-state index is -1.73. The summed E-state index contributed by atoms with van der Waals surface area (Å²) >= 11 is 0. The van der Waals surface area contributed by atoms with Crippen molar-refractivity contribution in [2.24, 2.45) is 5.92 Å². The van der Waals surface area contributed by atoms with Gasteiger partial charge in [0.15, 0.2) is 5.68 Å². The molecule has 13 nitrogen and oxygen atoms in total. The molecule has 1 saturated heterocycles. The van der Waals surface area contributed by atoms with Crippen LogP contribution in [0.1, 0.15) is 36.3 Å². The van der Waals surface area contributed by atoms with Crippen LogP contribution in [0, 0.1) is 5.92 Å². The summed E-state index contributed by atoms with van der Waals surface area (Å²) in [7, 11) is -1.45. The van der Waals surface area contributed by atoms with E-state index in [2.05, 4.69) is 20.6 Å². The van der Waals surface area contributed by atoms with E-state index in [0.717, 1.165) is 5.56 Å². The number of nitrogens with one attached hydrogen (secondary N) is 2. The molecular formula is C26H35BN4O9. The topological polar surface area (TPSA) is 200 Å². The highest BCUT2D eigenvalue weighted by Gasteiger charge is 2.46. The van der Waals surface area contributed by atoms with E-state index in [-0.39, 0.29) is 31.1 Å². The van der Waals surface area contributed by atoms with Crippen LogP contribution in [-0.2, 0) is 25.3 Å². The van der Waals surface area contributed by atoms with E-state index in [4.69, 9.17) is 14.4 Å². The molecule has 6 N–H and O–H groups in total. The summed E-state index contributed by atoms with van der Waals surface area (Å²) in [5, 5.41) is 44.3. The second-order valence-corrected chi connectivity index (χ2v) is 9.97. The van der Waals surface area contributed by atoms with Gasteiger partial charge in [-0.3, -0.25) is 14.6 Å². The predicted octanol–water partition coefficient (Wildman–Crippen LogP) is -1.56. The average molecular weight is 558 g/mol. The van der Waals surface area contributed by atoms with Crippen LogP contribution in [0.2, 0.25) is 0 Å². The predicted molar refractivity (Wildman–Crippen MR) is 142 cm³/mol. The van der Waals surface area contributed by atoms with E-state index in [1.807, 2.05) is 19.9 Å². The van der Waals surface area contributed by atoms with E-state index >= 15 is 0 Å². The maximum atomic E-state index is 13.5. The lowest BCUT2D eigenvalue weighted by molar-refractivity contribution is -0.127. The molecule has 3 rings (SSSR count). The molecule has 1 aliphatic heterocycles. The van der Waals surface area contributed by atoms with Gasteiger partial charge in [-0.2, -0.15) is 0 Å². The Balaban J connectivity index is 1.74. The van der Waals surface area contributed by atoms with Crippen LogP contribution >= 0.6 is 0 Å². The molecule has 0 saturated carbocycles. The van der Waals surface area contributed by atoms with Crippen LogP contribution < -0.4 is 10.6 Å². The molecule has 1 aromatic heterocycles. The zero-order chi connectivity index (χ0) is 29.2. The monoisotopic (exact) mass is 558 g/mol. The third-order valence-corrected chi connectivity index (χ3v) is 6.32. The molecule has 2 amide bonds. The summed E-state index contributed by atoms with van der Waals surface area (Å²) in [5.41, 5.74) is 0.179. The molecule has 1 aliphatic rings. The first-order valence-electron chi connectivity index (χ1n) is 13.0. The van der Waals surface area contributed by atoms with Gasteiger partial charge in [-0.15, -0.1) is 0 Å². The van der Waals surface area contributed by atoms with Gasteiger partial charge >= 0.3 is 7.12 Å². The number of carbonyl (C=O) groups is 3. The maximum Gasteiger partial charge on any atom is 0.534 e. The van der Waals surface area contributed by atoms with Crippen molar-refractivity contribution in [3.05, 3.63) is 60.2 Å². The van der Waals surface area contributed by atoms with Crippen molar-refractivity contribution in [1.29, 1.82) is 0 Å². The fraction of sp³-hybridized carbons (Fsp3) is 0.500.